The number of rotatable bonds is 3. The highest BCUT2D eigenvalue weighted by Gasteiger charge is 2.46. The molecule has 0 amide bonds. The summed E-state index contributed by atoms with van der Waals surface area (Å²) in [6.07, 6.45) is 3.45. The molecule has 2 aliphatic rings. The second-order valence-electron chi connectivity index (χ2n) is 6.36. The quantitative estimate of drug-likeness (QED) is 0.913. The summed E-state index contributed by atoms with van der Waals surface area (Å²) in [7, 11) is 0. The first-order valence-electron chi connectivity index (χ1n) is 7.50. The van der Waals surface area contributed by atoms with Gasteiger partial charge in [-0.1, -0.05) is 6.92 Å². The van der Waals surface area contributed by atoms with Gasteiger partial charge in [-0.25, -0.2) is 8.78 Å². The van der Waals surface area contributed by atoms with E-state index < -0.39 is 11.6 Å². The number of halogens is 2. The Balaban J connectivity index is 1.90. The second kappa shape index (κ2) is 4.99. The Morgan fingerprint density at radius 1 is 1.35 bits per heavy atom. The van der Waals surface area contributed by atoms with Crippen molar-refractivity contribution in [1.82, 2.24) is 5.32 Å². The maximum absolute atomic E-state index is 14.1. The Morgan fingerprint density at radius 3 is 2.70 bits per heavy atom. The average molecular weight is 280 g/mol. The summed E-state index contributed by atoms with van der Waals surface area (Å²) in [5.74, 6) is -0.283. The van der Waals surface area contributed by atoms with E-state index in [1.807, 2.05) is 0 Å². The minimum Gasteiger partial charge on any atom is -0.363 e. The molecule has 0 radical (unpaired) electrons. The van der Waals surface area contributed by atoms with Crippen LogP contribution < -0.4 is 10.2 Å². The first-order valence-corrected chi connectivity index (χ1v) is 7.50. The van der Waals surface area contributed by atoms with Gasteiger partial charge in [-0.05, 0) is 44.2 Å². The van der Waals surface area contributed by atoms with Gasteiger partial charge in [0.2, 0.25) is 0 Å². The van der Waals surface area contributed by atoms with E-state index in [1.165, 1.54) is 18.9 Å². The van der Waals surface area contributed by atoms with Crippen molar-refractivity contribution in [3.63, 3.8) is 0 Å². The standard InChI is InChI=1S/C16H22F2N2/c1-3-13-9-19-16(2,11-4-5-11)10-20(13)15-7-6-12(17)8-14(15)18/h6-8,11,13,19H,3-5,9-10H2,1-2H3. The second-order valence-corrected chi connectivity index (χ2v) is 6.36. The smallest absolute Gasteiger partial charge is 0.149 e. The van der Waals surface area contributed by atoms with Crippen LogP contribution in [0.3, 0.4) is 0 Å². The van der Waals surface area contributed by atoms with Crippen LogP contribution in [0.5, 0.6) is 0 Å². The van der Waals surface area contributed by atoms with Crippen LogP contribution >= 0.6 is 0 Å². The third-order valence-corrected chi connectivity index (χ3v) is 4.85. The van der Waals surface area contributed by atoms with Crippen molar-refractivity contribution < 1.29 is 8.78 Å². The van der Waals surface area contributed by atoms with Crippen LogP contribution in [0.25, 0.3) is 0 Å². The third kappa shape index (κ3) is 2.41. The molecular weight excluding hydrogens is 258 g/mol. The average Bonchev–Trinajstić information content (AvgIpc) is 3.23. The number of hydrogen-bond acceptors (Lipinski definition) is 2. The normalized spacial score (nSPS) is 30.6. The summed E-state index contributed by atoms with van der Waals surface area (Å²) in [4.78, 5) is 2.13. The summed E-state index contributed by atoms with van der Waals surface area (Å²) in [5, 5.41) is 3.65. The Hall–Kier alpha value is -1.16. The van der Waals surface area contributed by atoms with Crippen molar-refractivity contribution in [2.24, 2.45) is 5.92 Å². The molecule has 1 saturated carbocycles. The number of nitrogens with one attached hydrogen (secondary N) is 1. The van der Waals surface area contributed by atoms with Crippen LogP contribution in [0.15, 0.2) is 18.2 Å². The molecule has 110 valence electrons. The van der Waals surface area contributed by atoms with Gasteiger partial charge >= 0.3 is 0 Å². The highest BCUT2D eigenvalue weighted by Crippen LogP contribution is 2.42. The van der Waals surface area contributed by atoms with Crippen molar-refractivity contribution in [3.8, 4) is 0 Å². The predicted molar refractivity (Wildman–Crippen MR) is 76.9 cm³/mol. The molecule has 1 aliphatic carbocycles. The molecule has 0 spiro atoms. The first-order chi connectivity index (χ1) is 9.53. The number of nitrogens with zero attached hydrogens (tertiary/aromatic N) is 1. The van der Waals surface area contributed by atoms with Crippen molar-refractivity contribution in [3.05, 3.63) is 29.8 Å². The molecule has 2 fully saturated rings. The molecule has 20 heavy (non-hydrogen) atoms. The van der Waals surface area contributed by atoms with E-state index in [0.29, 0.717) is 11.6 Å². The van der Waals surface area contributed by atoms with Crippen LogP contribution in [0.1, 0.15) is 33.1 Å². The maximum atomic E-state index is 14.1. The minimum atomic E-state index is -0.514. The third-order valence-electron chi connectivity index (χ3n) is 4.85. The van der Waals surface area contributed by atoms with Crippen molar-refractivity contribution in [2.45, 2.75) is 44.7 Å². The molecule has 4 heteroatoms. The lowest BCUT2D eigenvalue weighted by molar-refractivity contribution is 0.251. The fourth-order valence-corrected chi connectivity index (χ4v) is 3.35. The fraction of sp³-hybridized carbons (Fsp3) is 0.625. The monoisotopic (exact) mass is 280 g/mol. The lowest BCUT2D eigenvalue weighted by atomic mass is 9.90. The van der Waals surface area contributed by atoms with Crippen LogP contribution in [0.2, 0.25) is 0 Å². The van der Waals surface area contributed by atoms with Gasteiger partial charge < -0.3 is 10.2 Å². The molecule has 3 rings (SSSR count). The van der Waals surface area contributed by atoms with Gasteiger partial charge in [0.15, 0.2) is 0 Å². The lowest BCUT2D eigenvalue weighted by Crippen LogP contribution is -2.64. The molecule has 1 aromatic carbocycles. The highest BCUT2D eigenvalue weighted by atomic mass is 19.1. The molecular formula is C16H22F2N2. The van der Waals surface area contributed by atoms with Gasteiger partial charge in [-0.15, -0.1) is 0 Å². The predicted octanol–water partition coefficient (Wildman–Crippen LogP) is 3.32. The zero-order valence-electron chi connectivity index (χ0n) is 12.1. The van der Waals surface area contributed by atoms with Gasteiger partial charge in [0, 0.05) is 30.7 Å². The zero-order chi connectivity index (χ0) is 14.3. The van der Waals surface area contributed by atoms with Crippen molar-refractivity contribution >= 4 is 5.69 Å². The minimum absolute atomic E-state index is 0.0481. The summed E-state index contributed by atoms with van der Waals surface area (Å²) in [6.45, 7) is 5.99. The van der Waals surface area contributed by atoms with Crippen LogP contribution in [0, 0.1) is 17.6 Å². The molecule has 1 heterocycles. The molecule has 1 saturated heterocycles. The zero-order valence-corrected chi connectivity index (χ0v) is 12.1. The molecule has 0 bridgehead atoms. The molecule has 2 nitrogen and oxygen atoms in total. The van der Waals surface area contributed by atoms with E-state index in [2.05, 4.69) is 24.1 Å². The molecule has 1 aliphatic heterocycles. The van der Waals surface area contributed by atoms with E-state index in [-0.39, 0.29) is 11.6 Å². The molecule has 2 atom stereocenters. The summed E-state index contributed by atoms with van der Waals surface area (Å²) >= 11 is 0. The van der Waals surface area contributed by atoms with E-state index in [9.17, 15) is 8.78 Å². The van der Waals surface area contributed by atoms with E-state index in [0.717, 1.165) is 25.6 Å². The number of anilines is 1. The van der Waals surface area contributed by atoms with Crippen LogP contribution in [-0.4, -0.2) is 24.7 Å². The van der Waals surface area contributed by atoms with Crippen LogP contribution in [0.4, 0.5) is 14.5 Å². The summed E-state index contributed by atoms with van der Waals surface area (Å²) in [6, 6.07) is 4.17. The van der Waals surface area contributed by atoms with E-state index in [1.54, 1.807) is 6.07 Å². The molecule has 2 unspecified atom stereocenters. The van der Waals surface area contributed by atoms with Gasteiger partial charge in [-0.3, -0.25) is 0 Å². The summed E-state index contributed by atoms with van der Waals surface area (Å²) in [5.41, 5.74) is 0.582. The largest absolute Gasteiger partial charge is 0.363 e. The Kier molecular flexibility index (Phi) is 3.44. The van der Waals surface area contributed by atoms with E-state index >= 15 is 0 Å². The lowest BCUT2D eigenvalue weighted by Gasteiger charge is -2.47. The van der Waals surface area contributed by atoms with Gasteiger partial charge in [0.05, 0.1) is 5.69 Å². The van der Waals surface area contributed by atoms with Crippen LogP contribution in [-0.2, 0) is 0 Å². The number of hydrogen-bond donors (Lipinski definition) is 1. The Morgan fingerprint density at radius 2 is 2.10 bits per heavy atom. The Bertz CT molecular complexity index is 501. The van der Waals surface area contributed by atoms with E-state index in [4.69, 9.17) is 0 Å². The molecule has 1 aromatic rings. The molecule has 1 N–H and O–H groups in total. The fourth-order valence-electron chi connectivity index (χ4n) is 3.35. The maximum Gasteiger partial charge on any atom is 0.149 e. The number of benzene rings is 1. The number of piperazine rings is 1. The topological polar surface area (TPSA) is 15.3 Å². The molecule has 0 aromatic heterocycles. The summed E-state index contributed by atoms with van der Waals surface area (Å²) < 4.78 is 27.2. The van der Waals surface area contributed by atoms with Gasteiger partial charge in [0.25, 0.3) is 0 Å². The highest BCUT2D eigenvalue weighted by molar-refractivity contribution is 5.50. The van der Waals surface area contributed by atoms with Crippen molar-refractivity contribution in [2.75, 3.05) is 18.0 Å². The van der Waals surface area contributed by atoms with Crippen molar-refractivity contribution in [1.29, 1.82) is 0 Å². The van der Waals surface area contributed by atoms with Gasteiger partial charge in [-0.2, -0.15) is 0 Å². The first kappa shape index (κ1) is 13.8. The SMILES string of the molecule is CCC1CNC(C)(C2CC2)CN1c1ccc(F)cc1F. The Labute approximate surface area is 119 Å². The van der Waals surface area contributed by atoms with Gasteiger partial charge in [0.1, 0.15) is 11.6 Å².